The highest BCUT2D eigenvalue weighted by atomic mass is 35.5. The minimum Gasteiger partial charge on any atom is -0.300 e. The first-order valence-corrected chi connectivity index (χ1v) is 6.28. The fraction of sp³-hybridized carbons (Fsp3) is 0.429. The molecule has 2 rings (SSSR count). The fourth-order valence-corrected chi connectivity index (χ4v) is 2.60. The van der Waals surface area contributed by atoms with Crippen LogP contribution in [0.2, 0.25) is 5.02 Å². The van der Waals surface area contributed by atoms with E-state index in [1.807, 2.05) is 6.92 Å². The van der Waals surface area contributed by atoms with Crippen molar-refractivity contribution < 1.29 is 9.59 Å². The molecule has 0 saturated heterocycles. The number of aryl methyl sites for hydroxylation is 1. The van der Waals surface area contributed by atoms with Crippen molar-refractivity contribution in [2.75, 3.05) is 0 Å². The smallest absolute Gasteiger partial charge is 0.166 e. The van der Waals surface area contributed by atoms with E-state index in [1.165, 1.54) is 0 Å². The maximum atomic E-state index is 12.3. The largest absolute Gasteiger partial charge is 0.300 e. The Labute approximate surface area is 106 Å². The van der Waals surface area contributed by atoms with Gasteiger partial charge in [-0.05, 0) is 43.5 Å². The Morgan fingerprint density at radius 2 is 2.18 bits per heavy atom. The van der Waals surface area contributed by atoms with Gasteiger partial charge in [0.1, 0.15) is 5.78 Å². The minimum absolute atomic E-state index is 0.0900. The summed E-state index contributed by atoms with van der Waals surface area (Å²) in [6.45, 7) is 1.88. The Hall–Kier alpha value is -1.15. The van der Waals surface area contributed by atoms with Gasteiger partial charge in [0, 0.05) is 29.3 Å². The third kappa shape index (κ3) is 2.75. The van der Waals surface area contributed by atoms with Crippen LogP contribution in [0.25, 0.3) is 0 Å². The summed E-state index contributed by atoms with van der Waals surface area (Å²) in [5.74, 6) is 0.171. The second kappa shape index (κ2) is 5.01. The molecule has 17 heavy (non-hydrogen) atoms. The Kier molecular flexibility index (Phi) is 3.63. The van der Waals surface area contributed by atoms with Gasteiger partial charge in [-0.3, -0.25) is 9.59 Å². The Morgan fingerprint density at radius 1 is 1.41 bits per heavy atom. The molecular formula is C14H15ClO2. The summed E-state index contributed by atoms with van der Waals surface area (Å²) in [5.41, 5.74) is 1.59. The average molecular weight is 251 g/mol. The Bertz CT molecular complexity index is 465. The monoisotopic (exact) mass is 250 g/mol. The molecule has 1 atom stereocenters. The van der Waals surface area contributed by atoms with Crippen LogP contribution >= 0.6 is 11.6 Å². The van der Waals surface area contributed by atoms with Crippen molar-refractivity contribution in [3.05, 3.63) is 34.3 Å². The van der Waals surface area contributed by atoms with Crippen LogP contribution in [0.4, 0.5) is 0 Å². The van der Waals surface area contributed by atoms with Crippen LogP contribution in [0, 0.1) is 12.8 Å². The highest BCUT2D eigenvalue weighted by Gasteiger charge is 2.27. The van der Waals surface area contributed by atoms with E-state index < -0.39 is 0 Å². The van der Waals surface area contributed by atoms with Gasteiger partial charge in [-0.25, -0.2) is 0 Å². The highest BCUT2D eigenvalue weighted by molar-refractivity contribution is 6.30. The predicted octanol–water partition coefficient (Wildman–Crippen LogP) is 3.59. The van der Waals surface area contributed by atoms with Crippen molar-refractivity contribution in [1.29, 1.82) is 0 Å². The van der Waals surface area contributed by atoms with Gasteiger partial charge in [-0.1, -0.05) is 11.6 Å². The number of carbonyl (C=O) groups is 2. The van der Waals surface area contributed by atoms with Gasteiger partial charge in [0.2, 0.25) is 0 Å². The van der Waals surface area contributed by atoms with Crippen LogP contribution in [0.1, 0.15) is 41.6 Å². The zero-order valence-corrected chi connectivity index (χ0v) is 10.6. The standard InChI is InChI=1S/C14H15ClO2/c1-9-7-11(15)5-6-13(9)14(17)10-3-2-4-12(16)8-10/h5-7,10H,2-4,8H2,1H3. The molecule has 1 saturated carbocycles. The van der Waals surface area contributed by atoms with Gasteiger partial charge in [0.25, 0.3) is 0 Å². The zero-order valence-electron chi connectivity index (χ0n) is 9.83. The molecule has 0 heterocycles. The molecule has 0 radical (unpaired) electrons. The average Bonchev–Trinajstić information content (AvgIpc) is 2.28. The third-order valence-corrected chi connectivity index (χ3v) is 3.54. The summed E-state index contributed by atoms with van der Waals surface area (Å²) in [6.07, 6.45) is 2.69. The minimum atomic E-state index is -0.129. The number of Topliss-reactive ketones (excluding diaryl/α,β-unsaturated/α-hetero) is 2. The lowest BCUT2D eigenvalue weighted by atomic mass is 9.82. The molecule has 0 aliphatic heterocycles. The topological polar surface area (TPSA) is 34.1 Å². The van der Waals surface area contributed by atoms with Crippen LogP contribution in [-0.4, -0.2) is 11.6 Å². The molecule has 1 aromatic rings. The molecule has 1 fully saturated rings. The molecule has 90 valence electrons. The number of ketones is 2. The first kappa shape index (κ1) is 12.3. The molecule has 2 nitrogen and oxygen atoms in total. The van der Waals surface area contributed by atoms with Crippen molar-refractivity contribution in [2.45, 2.75) is 32.6 Å². The molecule has 0 spiro atoms. The van der Waals surface area contributed by atoms with Gasteiger partial charge < -0.3 is 0 Å². The molecule has 0 aromatic heterocycles. The van der Waals surface area contributed by atoms with E-state index in [0.29, 0.717) is 23.4 Å². The van der Waals surface area contributed by atoms with E-state index in [2.05, 4.69) is 0 Å². The highest BCUT2D eigenvalue weighted by Crippen LogP contribution is 2.27. The first-order valence-electron chi connectivity index (χ1n) is 5.90. The Morgan fingerprint density at radius 3 is 2.82 bits per heavy atom. The number of rotatable bonds is 2. The van der Waals surface area contributed by atoms with Gasteiger partial charge in [0.05, 0.1) is 0 Å². The molecule has 1 unspecified atom stereocenters. The van der Waals surface area contributed by atoms with Crippen molar-refractivity contribution in [3.8, 4) is 0 Å². The lowest BCUT2D eigenvalue weighted by Gasteiger charge is -2.20. The summed E-state index contributed by atoms with van der Waals surface area (Å²) in [6, 6.07) is 5.28. The normalized spacial score (nSPS) is 20.4. The van der Waals surface area contributed by atoms with Gasteiger partial charge in [-0.15, -0.1) is 0 Å². The number of halogens is 1. The SMILES string of the molecule is Cc1cc(Cl)ccc1C(=O)C1CCCC(=O)C1. The summed E-state index contributed by atoms with van der Waals surface area (Å²) in [5, 5.41) is 0.638. The van der Waals surface area contributed by atoms with Crippen LogP contribution in [0.3, 0.4) is 0 Å². The maximum absolute atomic E-state index is 12.3. The van der Waals surface area contributed by atoms with E-state index in [0.717, 1.165) is 18.4 Å². The van der Waals surface area contributed by atoms with E-state index in [-0.39, 0.29) is 17.5 Å². The van der Waals surface area contributed by atoms with Gasteiger partial charge in [-0.2, -0.15) is 0 Å². The van der Waals surface area contributed by atoms with Crippen molar-refractivity contribution in [1.82, 2.24) is 0 Å². The predicted molar refractivity (Wildman–Crippen MR) is 67.5 cm³/mol. The summed E-state index contributed by atoms with van der Waals surface area (Å²) in [7, 11) is 0. The first-order chi connectivity index (χ1) is 8.08. The van der Waals surface area contributed by atoms with Crippen molar-refractivity contribution in [2.24, 2.45) is 5.92 Å². The van der Waals surface area contributed by atoms with E-state index in [9.17, 15) is 9.59 Å². The maximum Gasteiger partial charge on any atom is 0.166 e. The lowest BCUT2D eigenvalue weighted by molar-refractivity contribution is -0.121. The van der Waals surface area contributed by atoms with Gasteiger partial charge in [0.15, 0.2) is 5.78 Å². The number of hydrogen-bond donors (Lipinski definition) is 0. The molecule has 3 heteroatoms. The zero-order chi connectivity index (χ0) is 12.4. The number of hydrogen-bond acceptors (Lipinski definition) is 2. The quantitative estimate of drug-likeness (QED) is 0.752. The van der Waals surface area contributed by atoms with Crippen molar-refractivity contribution >= 4 is 23.2 Å². The number of carbonyl (C=O) groups excluding carboxylic acids is 2. The summed E-state index contributed by atoms with van der Waals surface area (Å²) >= 11 is 5.87. The van der Waals surface area contributed by atoms with E-state index in [4.69, 9.17) is 11.6 Å². The summed E-state index contributed by atoms with van der Waals surface area (Å²) in [4.78, 5) is 23.7. The molecule has 1 aliphatic rings. The molecule has 0 bridgehead atoms. The third-order valence-electron chi connectivity index (χ3n) is 3.31. The van der Waals surface area contributed by atoms with Crippen LogP contribution in [0.5, 0.6) is 0 Å². The molecule has 0 amide bonds. The molecule has 0 N–H and O–H groups in total. The lowest BCUT2D eigenvalue weighted by Crippen LogP contribution is -2.23. The molecular weight excluding hydrogens is 236 g/mol. The number of benzene rings is 1. The fourth-order valence-electron chi connectivity index (χ4n) is 2.37. The van der Waals surface area contributed by atoms with Crippen LogP contribution < -0.4 is 0 Å². The molecule has 1 aromatic carbocycles. The van der Waals surface area contributed by atoms with Crippen LogP contribution in [0.15, 0.2) is 18.2 Å². The summed E-state index contributed by atoms with van der Waals surface area (Å²) < 4.78 is 0. The van der Waals surface area contributed by atoms with E-state index >= 15 is 0 Å². The Balaban J connectivity index is 2.21. The van der Waals surface area contributed by atoms with Gasteiger partial charge >= 0.3 is 0 Å². The van der Waals surface area contributed by atoms with Crippen LogP contribution in [-0.2, 0) is 4.79 Å². The second-order valence-electron chi connectivity index (χ2n) is 4.66. The second-order valence-corrected chi connectivity index (χ2v) is 5.09. The molecule has 1 aliphatic carbocycles. The van der Waals surface area contributed by atoms with Crippen molar-refractivity contribution in [3.63, 3.8) is 0 Å². The van der Waals surface area contributed by atoms with E-state index in [1.54, 1.807) is 18.2 Å².